The average Bonchev–Trinajstić information content (AvgIpc) is 2.99. The molecule has 1 aromatic heterocycles. The minimum Gasteiger partial charge on any atom is -0.399 e. The molecule has 2 aliphatic heterocycles. The highest BCUT2D eigenvalue weighted by Gasteiger charge is 2.51. The Morgan fingerprint density at radius 3 is 2.06 bits per heavy atom. The minimum atomic E-state index is -0.978. The van der Waals surface area contributed by atoms with E-state index in [1.54, 1.807) is 0 Å². The molecule has 0 spiro atoms. The number of aromatic nitrogens is 1. The van der Waals surface area contributed by atoms with E-state index in [1.165, 1.54) is 13.1 Å². The molecule has 2 saturated heterocycles. The third-order valence-electron chi connectivity index (χ3n) is 6.91. The van der Waals surface area contributed by atoms with Crippen LogP contribution in [0.25, 0.3) is 0 Å². The fourth-order valence-corrected chi connectivity index (χ4v) is 4.16. The highest BCUT2D eigenvalue weighted by molar-refractivity contribution is 6.62. The molecule has 2 aromatic rings. The fraction of sp³-hybridized carbons (Fsp3) is 0.542. The van der Waals surface area contributed by atoms with Crippen molar-refractivity contribution >= 4 is 24.0 Å². The summed E-state index contributed by atoms with van der Waals surface area (Å²) in [6, 6.07) is 8.12. The van der Waals surface area contributed by atoms with Crippen LogP contribution in [0.15, 0.2) is 30.5 Å². The van der Waals surface area contributed by atoms with Crippen LogP contribution in [0.5, 0.6) is 0 Å². The molecule has 1 unspecified atom stereocenters. The maximum atomic E-state index is 14.6. The number of halogens is 2. The molecule has 2 fully saturated rings. The van der Waals surface area contributed by atoms with Crippen molar-refractivity contribution < 1.29 is 23.2 Å². The zero-order valence-electron chi connectivity index (χ0n) is 19.9. The van der Waals surface area contributed by atoms with Gasteiger partial charge in [-0.25, -0.2) is 8.78 Å². The lowest BCUT2D eigenvalue weighted by molar-refractivity contribution is 0.00578. The molecule has 6 nitrogen and oxygen atoms in total. The van der Waals surface area contributed by atoms with Crippen LogP contribution in [0, 0.1) is 11.6 Å². The van der Waals surface area contributed by atoms with Crippen molar-refractivity contribution in [1.82, 2.24) is 4.98 Å². The summed E-state index contributed by atoms with van der Waals surface area (Å²) in [6.07, 6.45) is 0.570. The van der Waals surface area contributed by atoms with Gasteiger partial charge in [-0.2, -0.15) is 0 Å². The predicted octanol–water partition coefficient (Wildman–Crippen LogP) is 2.91. The summed E-state index contributed by atoms with van der Waals surface area (Å²) in [5.41, 5.74) is 1.38. The van der Waals surface area contributed by atoms with E-state index in [2.05, 4.69) is 9.88 Å². The van der Waals surface area contributed by atoms with Gasteiger partial charge in [-0.15, -0.1) is 0 Å². The monoisotopic (exact) mass is 459 g/mol. The highest BCUT2D eigenvalue weighted by atomic mass is 19.2. The maximum absolute atomic E-state index is 14.6. The van der Waals surface area contributed by atoms with Crippen molar-refractivity contribution in [3.05, 3.63) is 47.8 Å². The lowest BCUT2D eigenvalue weighted by atomic mass is 9.79. The Balaban J connectivity index is 1.39. The molecular weight excluding hydrogens is 427 g/mol. The molecule has 0 bridgehead atoms. The Kier molecular flexibility index (Phi) is 6.42. The SMILES string of the molecule is CC(O)Cc1ncc(N2CCN(c3ccc(B4OC(C)(C)C(C)(C)O4)cc3)CC2)c(F)c1F. The van der Waals surface area contributed by atoms with Crippen molar-refractivity contribution in [3.63, 3.8) is 0 Å². The smallest absolute Gasteiger partial charge is 0.399 e. The number of rotatable bonds is 5. The number of anilines is 2. The number of hydrogen-bond donors (Lipinski definition) is 1. The molecule has 178 valence electrons. The number of pyridine rings is 1. The third kappa shape index (κ3) is 4.72. The first-order chi connectivity index (χ1) is 15.5. The van der Waals surface area contributed by atoms with Crippen LogP contribution in [0.3, 0.4) is 0 Å². The zero-order valence-corrected chi connectivity index (χ0v) is 19.9. The van der Waals surface area contributed by atoms with Crippen LogP contribution in [0.2, 0.25) is 0 Å². The Morgan fingerprint density at radius 1 is 0.970 bits per heavy atom. The molecule has 0 amide bonds. The number of piperazine rings is 1. The molecule has 33 heavy (non-hydrogen) atoms. The van der Waals surface area contributed by atoms with E-state index >= 15 is 0 Å². The van der Waals surface area contributed by atoms with Gasteiger partial charge in [0.05, 0.1) is 34.9 Å². The average molecular weight is 459 g/mol. The molecule has 0 saturated carbocycles. The Hall–Kier alpha value is -2.23. The molecular formula is C24H32BF2N3O3. The molecule has 1 aromatic carbocycles. The van der Waals surface area contributed by atoms with E-state index in [-0.39, 0.29) is 29.0 Å². The van der Waals surface area contributed by atoms with E-state index in [9.17, 15) is 13.9 Å². The fourth-order valence-electron chi connectivity index (χ4n) is 4.16. The van der Waals surface area contributed by atoms with Crippen molar-refractivity contribution in [1.29, 1.82) is 0 Å². The molecule has 0 radical (unpaired) electrons. The van der Waals surface area contributed by atoms with Gasteiger partial charge in [-0.05, 0) is 52.2 Å². The summed E-state index contributed by atoms with van der Waals surface area (Å²) >= 11 is 0. The Morgan fingerprint density at radius 2 is 1.52 bits per heavy atom. The zero-order chi connectivity index (χ0) is 24.0. The van der Waals surface area contributed by atoms with Crippen LogP contribution in [0.4, 0.5) is 20.2 Å². The summed E-state index contributed by atoms with van der Waals surface area (Å²) in [5.74, 6) is -1.88. The summed E-state index contributed by atoms with van der Waals surface area (Å²) in [5, 5.41) is 9.44. The van der Waals surface area contributed by atoms with Crippen LogP contribution in [-0.4, -0.2) is 60.7 Å². The van der Waals surface area contributed by atoms with Gasteiger partial charge in [0.15, 0.2) is 11.6 Å². The number of aliphatic hydroxyl groups excluding tert-OH is 1. The van der Waals surface area contributed by atoms with Gasteiger partial charge in [0.25, 0.3) is 0 Å². The second-order valence-corrected chi connectivity index (χ2v) is 9.93. The van der Waals surface area contributed by atoms with E-state index in [0.29, 0.717) is 26.2 Å². The first kappa shape index (κ1) is 23.9. The summed E-state index contributed by atoms with van der Waals surface area (Å²) in [6.45, 7) is 12.1. The summed E-state index contributed by atoms with van der Waals surface area (Å²) < 4.78 is 41.3. The predicted molar refractivity (Wildman–Crippen MR) is 126 cm³/mol. The molecule has 3 heterocycles. The topological polar surface area (TPSA) is 58.1 Å². The van der Waals surface area contributed by atoms with Crippen LogP contribution < -0.4 is 15.3 Å². The van der Waals surface area contributed by atoms with Crippen LogP contribution in [0.1, 0.15) is 40.3 Å². The maximum Gasteiger partial charge on any atom is 0.494 e. The molecule has 1 atom stereocenters. The Bertz CT molecular complexity index is 977. The van der Waals surface area contributed by atoms with Gasteiger partial charge in [0, 0.05) is 38.3 Å². The van der Waals surface area contributed by atoms with Gasteiger partial charge < -0.3 is 24.2 Å². The van der Waals surface area contributed by atoms with E-state index in [4.69, 9.17) is 9.31 Å². The van der Waals surface area contributed by atoms with Crippen molar-refractivity contribution in [2.24, 2.45) is 0 Å². The molecule has 1 N–H and O–H groups in total. The van der Waals surface area contributed by atoms with Gasteiger partial charge in [0.1, 0.15) is 0 Å². The standard InChI is InChI=1S/C24H32BF2N3O3/c1-16(31)14-19-21(26)22(27)20(15-28-19)30-12-10-29(11-13-30)18-8-6-17(7-9-18)25-32-23(2,3)24(4,5)33-25/h6-9,15-16,31H,10-14H2,1-5H3. The highest BCUT2D eigenvalue weighted by Crippen LogP contribution is 2.36. The molecule has 2 aliphatic rings. The van der Waals surface area contributed by atoms with E-state index in [1.807, 2.05) is 56.9 Å². The second kappa shape index (κ2) is 8.85. The van der Waals surface area contributed by atoms with Crippen molar-refractivity contribution in [3.8, 4) is 0 Å². The first-order valence-corrected chi connectivity index (χ1v) is 11.4. The molecule has 0 aliphatic carbocycles. The molecule has 9 heteroatoms. The quantitative estimate of drug-likeness (QED) is 0.695. The minimum absolute atomic E-state index is 0.0151. The Labute approximate surface area is 194 Å². The van der Waals surface area contributed by atoms with E-state index in [0.717, 1.165) is 11.2 Å². The number of nitrogens with zero attached hydrogens (tertiary/aromatic N) is 3. The van der Waals surface area contributed by atoms with Gasteiger partial charge in [0.2, 0.25) is 0 Å². The first-order valence-electron chi connectivity index (χ1n) is 11.4. The van der Waals surface area contributed by atoms with Gasteiger partial charge in [-0.3, -0.25) is 4.98 Å². The normalized spacial score (nSPS) is 20.9. The van der Waals surface area contributed by atoms with Crippen molar-refractivity contribution in [2.75, 3.05) is 36.0 Å². The third-order valence-corrected chi connectivity index (χ3v) is 6.91. The second-order valence-electron chi connectivity index (χ2n) is 9.93. The van der Waals surface area contributed by atoms with E-state index < -0.39 is 24.9 Å². The number of hydrogen-bond acceptors (Lipinski definition) is 6. The van der Waals surface area contributed by atoms with Crippen LogP contribution >= 0.6 is 0 Å². The number of aliphatic hydroxyl groups is 1. The van der Waals surface area contributed by atoms with Gasteiger partial charge in [-0.1, -0.05) is 12.1 Å². The lowest BCUT2D eigenvalue weighted by Crippen LogP contribution is -2.47. The largest absolute Gasteiger partial charge is 0.494 e. The van der Waals surface area contributed by atoms with Crippen molar-refractivity contribution in [2.45, 2.75) is 58.3 Å². The summed E-state index contributed by atoms with van der Waals surface area (Å²) in [7, 11) is -0.400. The van der Waals surface area contributed by atoms with Crippen LogP contribution in [-0.2, 0) is 15.7 Å². The molecule has 4 rings (SSSR count). The lowest BCUT2D eigenvalue weighted by Gasteiger charge is -2.37. The number of benzene rings is 1. The summed E-state index contributed by atoms with van der Waals surface area (Å²) in [4.78, 5) is 8.07. The van der Waals surface area contributed by atoms with Gasteiger partial charge >= 0.3 is 7.12 Å².